The summed E-state index contributed by atoms with van der Waals surface area (Å²) in [6.45, 7) is 2.66. The minimum atomic E-state index is -0.258. The summed E-state index contributed by atoms with van der Waals surface area (Å²) in [4.78, 5) is 35.2. The summed E-state index contributed by atoms with van der Waals surface area (Å²) in [5, 5.41) is 3.57. The number of aromatic nitrogens is 2. The first-order chi connectivity index (χ1) is 14.9. The molecule has 164 valence electrons. The van der Waals surface area contributed by atoms with Crippen molar-refractivity contribution in [3.05, 3.63) is 50.9 Å². The molecule has 7 nitrogen and oxygen atoms in total. The zero-order valence-electron chi connectivity index (χ0n) is 18.4. The van der Waals surface area contributed by atoms with Crippen LogP contribution in [0.15, 0.2) is 29.1 Å². The minimum Gasteiger partial charge on any atom is -0.497 e. The number of rotatable bonds is 6. The Balaban J connectivity index is 1.69. The van der Waals surface area contributed by atoms with Crippen LogP contribution in [0.1, 0.15) is 29.6 Å². The smallest absolute Gasteiger partial charge is 0.263 e. The molecule has 4 rings (SSSR count). The average molecular weight is 441 g/mol. The molecule has 1 atom stereocenters. The molecule has 0 bridgehead atoms. The number of fused-ring (bicyclic) bond motifs is 3. The van der Waals surface area contributed by atoms with E-state index in [0.29, 0.717) is 35.1 Å². The maximum absolute atomic E-state index is 13.5. The van der Waals surface area contributed by atoms with Crippen LogP contribution in [0.2, 0.25) is 0 Å². The van der Waals surface area contributed by atoms with E-state index in [1.165, 1.54) is 9.44 Å². The van der Waals surface area contributed by atoms with Crippen LogP contribution in [-0.4, -0.2) is 41.6 Å². The van der Waals surface area contributed by atoms with Crippen LogP contribution in [0.5, 0.6) is 5.75 Å². The van der Waals surface area contributed by atoms with Gasteiger partial charge >= 0.3 is 0 Å². The predicted molar refractivity (Wildman–Crippen MR) is 124 cm³/mol. The number of amides is 1. The molecule has 2 aromatic heterocycles. The first-order valence-corrected chi connectivity index (χ1v) is 11.3. The number of carbonyl (C=O) groups excluding carboxylic acids is 1. The lowest BCUT2D eigenvalue weighted by molar-refractivity contribution is -0.116. The Morgan fingerprint density at radius 3 is 2.74 bits per heavy atom. The third-order valence-corrected chi connectivity index (χ3v) is 6.78. The number of methoxy groups -OCH3 is 1. The van der Waals surface area contributed by atoms with E-state index in [9.17, 15) is 9.59 Å². The van der Waals surface area contributed by atoms with E-state index in [2.05, 4.69) is 12.2 Å². The van der Waals surface area contributed by atoms with Crippen molar-refractivity contribution in [1.82, 2.24) is 14.5 Å². The summed E-state index contributed by atoms with van der Waals surface area (Å²) in [6.07, 6.45) is 2.98. The normalized spacial score (nSPS) is 15.8. The Morgan fingerprint density at radius 1 is 1.32 bits per heavy atom. The fraction of sp³-hybridized carbons (Fsp3) is 0.435. The SMILES string of the molecule is COc1ccc(NC(=O)Cn2c(CN(C)C)nc3sc4c(c3c2=O)CCC(C)C4)cc1. The summed E-state index contributed by atoms with van der Waals surface area (Å²) in [5.74, 6) is 1.69. The molecule has 2 heterocycles. The van der Waals surface area contributed by atoms with Gasteiger partial charge in [-0.15, -0.1) is 11.3 Å². The van der Waals surface area contributed by atoms with E-state index < -0.39 is 0 Å². The molecule has 0 spiro atoms. The lowest BCUT2D eigenvalue weighted by Crippen LogP contribution is -2.33. The van der Waals surface area contributed by atoms with E-state index in [1.807, 2.05) is 19.0 Å². The van der Waals surface area contributed by atoms with Gasteiger partial charge in [0.05, 0.1) is 19.0 Å². The molecule has 31 heavy (non-hydrogen) atoms. The molecule has 0 saturated carbocycles. The number of anilines is 1. The van der Waals surface area contributed by atoms with Crippen LogP contribution >= 0.6 is 11.3 Å². The van der Waals surface area contributed by atoms with Crippen LogP contribution in [-0.2, 0) is 30.7 Å². The van der Waals surface area contributed by atoms with Crippen molar-refractivity contribution in [1.29, 1.82) is 0 Å². The summed E-state index contributed by atoms with van der Waals surface area (Å²) in [7, 11) is 5.46. The van der Waals surface area contributed by atoms with Crippen molar-refractivity contribution in [3.63, 3.8) is 0 Å². The van der Waals surface area contributed by atoms with E-state index >= 15 is 0 Å². The van der Waals surface area contributed by atoms with Crippen molar-refractivity contribution < 1.29 is 9.53 Å². The third-order valence-electron chi connectivity index (χ3n) is 5.63. The molecule has 1 N–H and O–H groups in total. The molecule has 0 radical (unpaired) electrons. The van der Waals surface area contributed by atoms with Gasteiger partial charge in [0.25, 0.3) is 5.56 Å². The number of hydrogen-bond acceptors (Lipinski definition) is 6. The predicted octanol–water partition coefficient (Wildman–Crippen LogP) is 3.29. The topological polar surface area (TPSA) is 76.5 Å². The highest BCUT2D eigenvalue weighted by molar-refractivity contribution is 7.18. The van der Waals surface area contributed by atoms with Gasteiger partial charge in [-0.3, -0.25) is 14.2 Å². The second-order valence-electron chi connectivity index (χ2n) is 8.47. The molecule has 8 heteroatoms. The summed E-state index contributed by atoms with van der Waals surface area (Å²) >= 11 is 1.64. The van der Waals surface area contributed by atoms with Crippen LogP contribution in [0.25, 0.3) is 10.2 Å². The van der Waals surface area contributed by atoms with Crippen molar-refractivity contribution in [2.45, 2.75) is 39.3 Å². The van der Waals surface area contributed by atoms with E-state index in [4.69, 9.17) is 9.72 Å². The lowest BCUT2D eigenvalue weighted by Gasteiger charge is -2.18. The molecule has 1 aliphatic rings. The Bertz CT molecular complexity index is 1160. The first kappa shape index (κ1) is 21.5. The summed E-state index contributed by atoms with van der Waals surface area (Å²) in [5.41, 5.74) is 1.68. The van der Waals surface area contributed by atoms with Gasteiger partial charge in [0.15, 0.2) is 0 Å². The van der Waals surface area contributed by atoms with Crippen molar-refractivity contribution in [3.8, 4) is 5.75 Å². The number of carbonyl (C=O) groups is 1. The van der Waals surface area contributed by atoms with Gasteiger partial charge < -0.3 is 15.0 Å². The molecular formula is C23H28N4O3S. The van der Waals surface area contributed by atoms with Crippen LogP contribution in [0.4, 0.5) is 5.69 Å². The maximum Gasteiger partial charge on any atom is 0.263 e. The van der Waals surface area contributed by atoms with Crippen molar-refractivity contribution in [2.75, 3.05) is 26.5 Å². The quantitative estimate of drug-likeness (QED) is 0.637. The van der Waals surface area contributed by atoms with Gasteiger partial charge in [-0.25, -0.2) is 4.98 Å². The monoisotopic (exact) mass is 440 g/mol. The summed E-state index contributed by atoms with van der Waals surface area (Å²) < 4.78 is 6.69. The van der Waals surface area contributed by atoms with Crippen LogP contribution in [0, 0.1) is 5.92 Å². The molecule has 1 amide bonds. The minimum absolute atomic E-state index is 0.0714. The molecule has 1 aromatic carbocycles. The van der Waals surface area contributed by atoms with Crippen LogP contribution < -0.4 is 15.6 Å². The molecule has 0 aliphatic heterocycles. The molecule has 0 fully saturated rings. The number of ether oxygens (including phenoxy) is 1. The third kappa shape index (κ3) is 4.50. The van der Waals surface area contributed by atoms with Crippen molar-refractivity contribution >= 4 is 33.1 Å². The average Bonchev–Trinajstić information content (AvgIpc) is 3.08. The Labute approximate surface area is 185 Å². The molecule has 0 saturated heterocycles. The largest absolute Gasteiger partial charge is 0.497 e. The zero-order chi connectivity index (χ0) is 22.1. The molecule has 1 aliphatic carbocycles. The zero-order valence-corrected chi connectivity index (χ0v) is 19.2. The van der Waals surface area contributed by atoms with Gasteiger partial charge in [-0.2, -0.15) is 0 Å². The highest BCUT2D eigenvalue weighted by Crippen LogP contribution is 2.35. The Kier molecular flexibility index (Phi) is 6.11. The standard InChI is InChI=1S/C23H28N4O3S/c1-14-5-10-17-18(11-14)31-22-21(17)23(29)27(19(25-22)12-26(2)3)13-20(28)24-15-6-8-16(30-4)9-7-15/h6-9,14H,5,10-13H2,1-4H3,(H,24,28). The second-order valence-corrected chi connectivity index (χ2v) is 9.55. The molecular weight excluding hydrogens is 412 g/mol. The highest BCUT2D eigenvalue weighted by Gasteiger charge is 2.25. The van der Waals surface area contributed by atoms with Crippen LogP contribution in [0.3, 0.4) is 0 Å². The van der Waals surface area contributed by atoms with E-state index in [0.717, 1.165) is 29.7 Å². The number of hydrogen-bond donors (Lipinski definition) is 1. The number of benzene rings is 1. The van der Waals surface area contributed by atoms with E-state index in [-0.39, 0.29) is 18.0 Å². The molecule has 3 aromatic rings. The van der Waals surface area contributed by atoms with E-state index in [1.54, 1.807) is 42.7 Å². The van der Waals surface area contributed by atoms with Gasteiger partial charge in [0.2, 0.25) is 5.91 Å². The second kappa shape index (κ2) is 8.80. The number of thiophene rings is 1. The summed E-state index contributed by atoms with van der Waals surface area (Å²) in [6, 6.07) is 7.12. The molecule has 1 unspecified atom stereocenters. The number of nitrogens with zero attached hydrogens (tertiary/aromatic N) is 3. The van der Waals surface area contributed by atoms with Gasteiger partial charge in [-0.1, -0.05) is 6.92 Å². The fourth-order valence-electron chi connectivity index (χ4n) is 4.05. The maximum atomic E-state index is 13.5. The van der Waals surface area contributed by atoms with Gasteiger partial charge in [0, 0.05) is 10.6 Å². The highest BCUT2D eigenvalue weighted by atomic mass is 32.1. The Hall–Kier alpha value is -2.71. The van der Waals surface area contributed by atoms with Crippen molar-refractivity contribution in [2.24, 2.45) is 5.92 Å². The van der Waals surface area contributed by atoms with Gasteiger partial charge in [0.1, 0.15) is 22.9 Å². The Morgan fingerprint density at radius 2 is 2.06 bits per heavy atom. The first-order valence-electron chi connectivity index (χ1n) is 10.5. The number of nitrogens with one attached hydrogen (secondary N) is 1. The number of aryl methyl sites for hydroxylation is 1. The lowest BCUT2D eigenvalue weighted by atomic mass is 9.89. The van der Waals surface area contributed by atoms with Gasteiger partial charge in [-0.05, 0) is 69.1 Å². The fourth-order valence-corrected chi connectivity index (χ4v) is 5.44.